The number of nitrogens with zero attached hydrogens (tertiary/aromatic N) is 2. The highest BCUT2D eigenvalue weighted by molar-refractivity contribution is 6.33. The van der Waals surface area contributed by atoms with Crippen molar-refractivity contribution in [2.45, 2.75) is 13.8 Å². The van der Waals surface area contributed by atoms with Crippen LogP contribution in [0.5, 0.6) is 0 Å². The van der Waals surface area contributed by atoms with Crippen molar-refractivity contribution in [1.82, 2.24) is 10.4 Å². The van der Waals surface area contributed by atoms with Gasteiger partial charge in [0.2, 0.25) is 0 Å². The van der Waals surface area contributed by atoms with Crippen LogP contribution >= 0.6 is 11.6 Å². The topological polar surface area (TPSA) is 54.4 Å². The number of pyridine rings is 1. The molecular weight excluding hydrogens is 322 g/mol. The van der Waals surface area contributed by atoms with Crippen LogP contribution in [0, 0.1) is 13.8 Å². The van der Waals surface area contributed by atoms with E-state index < -0.39 is 0 Å². The second-order valence-corrected chi connectivity index (χ2v) is 5.95. The summed E-state index contributed by atoms with van der Waals surface area (Å²) in [5, 5.41) is 5.49. The first-order valence-corrected chi connectivity index (χ1v) is 7.88. The van der Waals surface area contributed by atoms with Crippen molar-refractivity contribution >= 4 is 34.6 Å². The molecule has 1 aromatic heterocycles. The fraction of sp³-hybridized carbons (Fsp3) is 0.105. The van der Waals surface area contributed by atoms with Crippen molar-refractivity contribution in [1.29, 1.82) is 0 Å². The minimum Gasteiger partial charge on any atom is -0.267 e. The number of halogens is 1. The maximum atomic E-state index is 12.4. The second kappa shape index (κ2) is 6.81. The quantitative estimate of drug-likeness (QED) is 0.573. The Balaban J connectivity index is 1.83. The van der Waals surface area contributed by atoms with Crippen LogP contribution in [0.2, 0.25) is 5.02 Å². The lowest BCUT2D eigenvalue weighted by Crippen LogP contribution is -2.19. The SMILES string of the molecule is Cc1ccc2nc(C)c(C(=O)N/N=C/c3ccccc3Cl)cc2c1. The van der Waals surface area contributed by atoms with Crippen LogP contribution in [-0.4, -0.2) is 17.1 Å². The molecule has 0 saturated heterocycles. The molecule has 0 radical (unpaired) electrons. The molecule has 0 unspecified atom stereocenters. The van der Waals surface area contributed by atoms with Crippen LogP contribution in [-0.2, 0) is 0 Å². The Kier molecular flexibility index (Phi) is 4.58. The van der Waals surface area contributed by atoms with Crippen LogP contribution in [0.15, 0.2) is 53.6 Å². The second-order valence-electron chi connectivity index (χ2n) is 5.54. The average Bonchev–Trinajstić information content (AvgIpc) is 2.56. The Morgan fingerprint density at radius 1 is 1.17 bits per heavy atom. The van der Waals surface area contributed by atoms with Gasteiger partial charge in [-0.15, -0.1) is 0 Å². The minimum atomic E-state index is -0.299. The van der Waals surface area contributed by atoms with E-state index in [0.29, 0.717) is 16.3 Å². The van der Waals surface area contributed by atoms with Gasteiger partial charge in [-0.05, 0) is 38.1 Å². The summed E-state index contributed by atoms with van der Waals surface area (Å²) in [4.78, 5) is 16.9. The molecule has 1 heterocycles. The summed E-state index contributed by atoms with van der Waals surface area (Å²) in [7, 11) is 0. The van der Waals surface area contributed by atoms with E-state index in [2.05, 4.69) is 15.5 Å². The van der Waals surface area contributed by atoms with Gasteiger partial charge in [-0.2, -0.15) is 5.10 Å². The zero-order valence-electron chi connectivity index (χ0n) is 13.4. The van der Waals surface area contributed by atoms with Crippen molar-refractivity contribution in [2.24, 2.45) is 5.10 Å². The van der Waals surface area contributed by atoms with Gasteiger partial charge in [-0.25, -0.2) is 5.43 Å². The molecule has 2 aromatic carbocycles. The number of rotatable bonds is 3. The predicted molar refractivity (Wildman–Crippen MR) is 97.7 cm³/mol. The zero-order chi connectivity index (χ0) is 17.1. The Labute approximate surface area is 145 Å². The Morgan fingerprint density at radius 2 is 1.96 bits per heavy atom. The van der Waals surface area contributed by atoms with E-state index in [1.165, 1.54) is 6.21 Å². The first-order valence-electron chi connectivity index (χ1n) is 7.50. The summed E-state index contributed by atoms with van der Waals surface area (Å²) >= 11 is 6.05. The van der Waals surface area contributed by atoms with Gasteiger partial charge in [0.15, 0.2) is 0 Å². The third kappa shape index (κ3) is 3.44. The fourth-order valence-electron chi connectivity index (χ4n) is 2.42. The van der Waals surface area contributed by atoms with E-state index in [-0.39, 0.29) is 5.91 Å². The lowest BCUT2D eigenvalue weighted by atomic mass is 10.1. The van der Waals surface area contributed by atoms with E-state index in [0.717, 1.165) is 22.0 Å². The van der Waals surface area contributed by atoms with Crippen LogP contribution in [0.25, 0.3) is 10.9 Å². The number of hydrogen-bond donors (Lipinski definition) is 1. The third-order valence-corrected chi connectivity index (χ3v) is 4.02. The summed E-state index contributed by atoms with van der Waals surface area (Å²) in [5.41, 5.74) is 6.42. The molecule has 0 saturated carbocycles. The lowest BCUT2D eigenvalue weighted by molar-refractivity contribution is 0.0954. The van der Waals surface area contributed by atoms with Crippen LogP contribution < -0.4 is 5.43 Å². The number of hydrogen-bond acceptors (Lipinski definition) is 3. The van der Waals surface area contributed by atoms with Gasteiger partial charge in [0.1, 0.15) is 0 Å². The number of aryl methyl sites for hydroxylation is 2. The van der Waals surface area contributed by atoms with Gasteiger partial charge in [0, 0.05) is 16.0 Å². The molecule has 5 heteroatoms. The van der Waals surface area contributed by atoms with Gasteiger partial charge in [0.05, 0.1) is 23.0 Å². The molecule has 0 fully saturated rings. The molecule has 0 aliphatic carbocycles. The van der Waals surface area contributed by atoms with E-state index in [4.69, 9.17) is 11.6 Å². The number of nitrogens with one attached hydrogen (secondary N) is 1. The molecule has 24 heavy (non-hydrogen) atoms. The van der Waals surface area contributed by atoms with Crippen LogP contribution in [0.4, 0.5) is 0 Å². The van der Waals surface area contributed by atoms with Crippen molar-refractivity contribution in [3.05, 3.63) is 75.9 Å². The summed E-state index contributed by atoms with van der Waals surface area (Å²) in [6, 6.07) is 15.1. The summed E-state index contributed by atoms with van der Waals surface area (Å²) in [6.07, 6.45) is 1.52. The van der Waals surface area contributed by atoms with Crippen LogP contribution in [0.3, 0.4) is 0 Å². The molecule has 1 N–H and O–H groups in total. The molecule has 4 nitrogen and oxygen atoms in total. The Morgan fingerprint density at radius 3 is 2.75 bits per heavy atom. The number of aromatic nitrogens is 1. The number of carbonyl (C=O) groups is 1. The van der Waals surface area contributed by atoms with E-state index in [1.54, 1.807) is 6.07 Å². The number of hydrazone groups is 1. The van der Waals surface area contributed by atoms with E-state index >= 15 is 0 Å². The van der Waals surface area contributed by atoms with Gasteiger partial charge in [-0.1, -0.05) is 41.4 Å². The number of amides is 1. The highest BCUT2D eigenvalue weighted by Gasteiger charge is 2.11. The first kappa shape index (κ1) is 16.1. The summed E-state index contributed by atoms with van der Waals surface area (Å²) in [6.45, 7) is 3.82. The lowest BCUT2D eigenvalue weighted by Gasteiger charge is -2.07. The minimum absolute atomic E-state index is 0.299. The summed E-state index contributed by atoms with van der Waals surface area (Å²) < 4.78 is 0. The molecule has 3 aromatic rings. The molecule has 0 spiro atoms. The smallest absolute Gasteiger partial charge is 0.267 e. The number of benzene rings is 2. The predicted octanol–water partition coefficient (Wildman–Crippen LogP) is 4.27. The van der Waals surface area contributed by atoms with Crippen molar-refractivity contribution < 1.29 is 4.79 Å². The Bertz CT molecular complexity index is 950. The van der Waals surface area contributed by atoms with Crippen molar-refractivity contribution in [3.63, 3.8) is 0 Å². The zero-order valence-corrected chi connectivity index (χ0v) is 14.1. The van der Waals surface area contributed by atoms with Gasteiger partial charge in [0.25, 0.3) is 5.91 Å². The molecule has 0 bridgehead atoms. The Hall–Kier alpha value is -2.72. The monoisotopic (exact) mass is 337 g/mol. The standard InChI is InChI=1S/C19H16ClN3O/c1-12-7-8-18-15(9-12)10-16(13(2)22-18)19(24)23-21-11-14-5-3-4-6-17(14)20/h3-11H,1-2H3,(H,23,24)/b21-11+. The van der Waals surface area contributed by atoms with E-state index in [1.807, 2.05) is 56.3 Å². The van der Waals surface area contributed by atoms with Gasteiger partial charge in [-0.3, -0.25) is 9.78 Å². The molecular formula is C19H16ClN3O. The normalized spacial score (nSPS) is 11.1. The van der Waals surface area contributed by atoms with Crippen LogP contribution in [0.1, 0.15) is 27.2 Å². The van der Waals surface area contributed by atoms with E-state index in [9.17, 15) is 4.79 Å². The fourth-order valence-corrected chi connectivity index (χ4v) is 2.61. The molecule has 0 aliphatic rings. The summed E-state index contributed by atoms with van der Waals surface area (Å²) in [5.74, 6) is -0.299. The largest absolute Gasteiger partial charge is 0.273 e. The first-order chi connectivity index (χ1) is 11.5. The molecule has 3 rings (SSSR count). The molecule has 0 aliphatic heterocycles. The number of carbonyl (C=O) groups excluding carboxylic acids is 1. The highest BCUT2D eigenvalue weighted by atomic mass is 35.5. The molecule has 120 valence electrons. The third-order valence-electron chi connectivity index (χ3n) is 3.68. The highest BCUT2D eigenvalue weighted by Crippen LogP contribution is 2.18. The maximum absolute atomic E-state index is 12.4. The van der Waals surface area contributed by atoms with Gasteiger partial charge < -0.3 is 0 Å². The average molecular weight is 338 g/mol. The molecule has 0 atom stereocenters. The molecule has 1 amide bonds. The maximum Gasteiger partial charge on any atom is 0.273 e. The van der Waals surface area contributed by atoms with Gasteiger partial charge >= 0.3 is 0 Å². The number of fused-ring (bicyclic) bond motifs is 1. The van der Waals surface area contributed by atoms with Crippen molar-refractivity contribution in [2.75, 3.05) is 0 Å². The van der Waals surface area contributed by atoms with Crippen molar-refractivity contribution in [3.8, 4) is 0 Å².